The molecule has 0 amide bonds. The zero-order valence-corrected chi connectivity index (χ0v) is 15.2. The van der Waals surface area contributed by atoms with Crippen molar-refractivity contribution in [3.05, 3.63) is 0 Å². The highest BCUT2D eigenvalue weighted by molar-refractivity contribution is 4.48. The Balaban J connectivity index is 2.99. The predicted octanol–water partition coefficient (Wildman–Crippen LogP) is 6.00. The maximum absolute atomic E-state index is 5.67. The Labute approximate surface area is 134 Å². The molecule has 0 N–H and O–H groups in total. The molecule has 0 saturated carbocycles. The van der Waals surface area contributed by atoms with E-state index in [9.17, 15) is 0 Å². The molecule has 0 aromatic carbocycles. The third-order valence-electron chi connectivity index (χ3n) is 4.06. The number of hydrogen-bond acceptors (Lipinski definition) is 2. The van der Waals surface area contributed by atoms with Crippen LogP contribution >= 0.6 is 0 Å². The smallest absolute Gasteiger partial charge is 0.0987 e. The van der Waals surface area contributed by atoms with Crippen molar-refractivity contribution in [2.75, 3.05) is 26.9 Å². The third-order valence-corrected chi connectivity index (χ3v) is 4.06. The summed E-state index contributed by atoms with van der Waals surface area (Å²) in [5, 5.41) is 0. The second-order valence-electron chi connectivity index (χ2n) is 6.51. The van der Waals surface area contributed by atoms with Crippen molar-refractivity contribution in [3.8, 4) is 0 Å². The molecule has 0 radical (unpaired) electrons. The van der Waals surface area contributed by atoms with Gasteiger partial charge in [-0.1, -0.05) is 84.5 Å². The van der Waals surface area contributed by atoms with E-state index in [-0.39, 0.29) is 0 Å². The summed E-state index contributed by atoms with van der Waals surface area (Å²) in [4.78, 5) is 2.25. The van der Waals surface area contributed by atoms with Gasteiger partial charge in [0.25, 0.3) is 0 Å². The van der Waals surface area contributed by atoms with E-state index in [4.69, 9.17) is 4.74 Å². The van der Waals surface area contributed by atoms with Crippen molar-refractivity contribution in [3.63, 3.8) is 0 Å². The molecule has 0 heterocycles. The molecule has 2 nitrogen and oxygen atoms in total. The maximum Gasteiger partial charge on any atom is 0.0987 e. The van der Waals surface area contributed by atoms with E-state index in [1.807, 2.05) is 0 Å². The Morgan fingerprint density at radius 1 is 0.619 bits per heavy atom. The molecular formula is C19H41NO. The van der Waals surface area contributed by atoms with Gasteiger partial charge in [0.2, 0.25) is 0 Å². The van der Waals surface area contributed by atoms with Gasteiger partial charge in [0.05, 0.1) is 6.73 Å². The lowest BCUT2D eigenvalue weighted by molar-refractivity contribution is 0.0409. The first-order chi connectivity index (χ1) is 10.3. The molecule has 0 aromatic rings. The summed E-state index contributed by atoms with van der Waals surface area (Å²) >= 11 is 0. The highest BCUT2D eigenvalue weighted by Crippen LogP contribution is 2.11. The number of hydrogen-bond donors (Lipinski definition) is 0. The summed E-state index contributed by atoms with van der Waals surface area (Å²) in [6.45, 7) is 7.37. The van der Waals surface area contributed by atoms with Crippen molar-refractivity contribution in [1.82, 2.24) is 4.90 Å². The van der Waals surface area contributed by atoms with E-state index in [1.54, 1.807) is 0 Å². The minimum absolute atomic E-state index is 0.797. The van der Waals surface area contributed by atoms with Crippen molar-refractivity contribution in [1.29, 1.82) is 0 Å². The van der Waals surface area contributed by atoms with Crippen LogP contribution in [0.15, 0.2) is 0 Å². The average Bonchev–Trinajstić information content (AvgIpc) is 2.48. The monoisotopic (exact) mass is 299 g/mol. The van der Waals surface area contributed by atoms with E-state index in [1.165, 1.54) is 83.5 Å². The number of ether oxygens (including phenoxy) is 1. The van der Waals surface area contributed by atoms with Crippen LogP contribution in [0.3, 0.4) is 0 Å². The first kappa shape index (κ1) is 20.9. The topological polar surface area (TPSA) is 12.5 Å². The summed E-state index contributed by atoms with van der Waals surface area (Å²) in [5.74, 6) is 0. The van der Waals surface area contributed by atoms with Gasteiger partial charge in [-0.2, -0.15) is 0 Å². The number of unbranched alkanes of at least 4 members (excludes halogenated alkanes) is 11. The summed E-state index contributed by atoms with van der Waals surface area (Å²) in [7, 11) is 2.13. The molecule has 0 atom stereocenters. The highest BCUT2D eigenvalue weighted by atomic mass is 16.5. The fourth-order valence-electron chi connectivity index (χ4n) is 2.71. The quantitative estimate of drug-likeness (QED) is 0.241. The van der Waals surface area contributed by atoms with Gasteiger partial charge in [-0.15, -0.1) is 0 Å². The first-order valence-corrected chi connectivity index (χ1v) is 9.57. The van der Waals surface area contributed by atoms with Crippen molar-refractivity contribution >= 4 is 0 Å². The van der Waals surface area contributed by atoms with Gasteiger partial charge in [-0.05, 0) is 26.4 Å². The van der Waals surface area contributed by atoms with Crippen LogP contribution < -0.4 is 0 Å². The van der Waals surface area contributed by atoms with E-state index < -0.39 is 0 Å². The van der Waals surface area contributed by atoms with Gasteiger partial charge < -0.3 is 4.74 Å². The minimum Gasteiger partial charge on any atom is -0.366 e. The van der Waals surface area contributed by atoms with Crippen molar-refractivity contribution < 1.29 is 4.74 Å². The van der Waals surface area contributed by atoms with E-state index in [0.29, 0.717) is 0 Å². The van der Waals surface area contributed by atoms with Gasteiger partial charge in [0.15, 0.2) is 0 Å². The Bertz CT molecular complexity index is 184. The molecular weight excluding hydrogens is 258 g/mol. The average molecular weight is 300 g/mol. The van der Waals surface area contributed by atoms with E-state index in [2.05, 4.69) is 25.8 Å². The Morgan fingerprint density at radius 3 is 1.57 bits per heavy atom. The summed E-state index contributed by atoms with van der Waals surface area (Å²) in [5.41, 5.74) is 0. The molecule has 0 rings (SSSR count). The Morgan fingerprint density at radius 2 is 1.10 bits per heavy atom. The molecule has 0 saturated heterocycles. The molecule has 128 valence electrons. The molecule has 0 spiro atoms. The molecule has 0 unspecified atom stereocenters. The second-order valence-corrected chi connectivity index (χ2v) is 6.51. The Hall–Kier alpha value is -0.0800. The minimum atomic E-state index is 0.797. The Kier molecular flexibility index (Phi) is 17.9. The maximum atomic E-state index is 5.67. The van der Waals surface area contributed by atoms with Crippen molar-refractivity contribution in [2.45, 2.75) is 97.3 Å². The van der Waals surface area contributed by atoms with Gasteiger partial charge in [0, 0.05) is 6.61 Å². The van der Waals surface area contributed by atoms with E-state index >= 15 is 0 Å². The molecule has 21 heavy (non-hydrogen) atoms. The summed E-state index contributed by atoms with van der Waals surface area (Å²) < 4.78 is 5.67. The lowest BCUT2D eigenvalue weighted by atomic mass is 10.1. The lowest BCUT2D eigenvalue weighted by Gasteiger charge is -2.15. The number of nitrogens with zero attached hydrogens (tertiary/aromatic N) is 1. The zero-order valence-electron chi connectivity index (χ0n) is 15.2. The van der Waals surface area contributed by atoms with Crippen LogP contribution in [0.25, 0.3) is 0 Å². The summed E-state index contributed by atoms with van der Waals surface area (Å²) in [6, 6.07) is 0. The molecule has 0 aliphatic heterocycles. The van der Waals surface area contributed by atoms with Crippen LogP contribution in [0, 0.1) is 0 Å². The molecule has 0 fully saturated rings. The largest absolute Gasteiger partial charge is 0.366 e. The van der Waals surface area contributed by atoms with Crippen LogP contribution in [0.5, 0.6) is 0 Å². The third kappa shape index (κ3) is 17.9. The standard InChI is InChI=1S/C19H41NO/c1-4-6-7-8-9-10-11-12-13-14-15-16-18-21-19-20(3)17-5-2/h4-19H2,1-3H3. The van der Waals surface area contributed by atoms with Gasteiger partial charge >= 0.3 is 0 Å². The lowest BCUT2D eigenvalue weighted by Crippen LogP contribution is -2.22. The molecule has 0 aromatic heterocycles. The molecule has 0 aliphatic carbocycles. The summed E-state index contributed by atoms with van der Waals surface area (Å²) in [6.07, 6.45) is 18.1. The van der Waals surface area contributed by atoms with Crippen LogP contribution in [0.4, 0.5) is 0 Å². The number of rotatable bonds is 17. The van der Waals surface area contributed by atoms with Crippen LogP contribution in [-0.2, 0) is 4.74 Å². The highest BCUT2D eigenvalue weighted by Gasteiger charge is 1.96. The van der Waals surface area contributed by atoms with Crippen molar-refractivity contribution in [2.24, 2.45) is 0 Å². The first-order valence-electron chi connectivity index (χ1n) is 9.57. The van der Waals surface area contributed by atoms with E-state index in [0.717, 1.165) is 19.9 Å². The van der Waals surface area contributed by atoms with Gasteiger partial charge in [-0.3, -0.25) is 4.90 Å². The fraction of sp³-hybridized carbons (Fsp3) is 1.00. The van der Waals surface area contributed by atoms with Crippen LogP contribution in [0.1, 0.15) is 97.3 Å². The van der Waals surface area contributed by atoms with Gasteiger partial charge in [-0.25, -0.2) is 0 Å². The molecule has 0 bridgehead atoms. The van der Waals surface area contributed by atoms with Crippen LogP contribution in [-0.4, -0.2) is 31.8 Å². The molecule has 2 heteroatoms. The SMILES string of the molecule is CCCCCCCCCCCCCCOCN(C)CCC. The normalized spacial score (nSPS) is 11.4. The molecule has 0 aliphatic rings. The fourth-order valence-corrected chi connectivity index (χ4v) is 2.71. The predicted molar refractivity (Wildman–Crippen MR) is 94.8 cm³/mol. The van der Waals surface area contributed by atoms with Gasteiger partial charge in [0.1, 0.15) is 0 Å². The zero-order chi connectivity index (χ0) is 15.6. The van der Waals surface area contributed by atoms with Crippen LogP contribution in [0.2, 0.25) is 0 Å². The second kappa shape index (κ2) is 18.0.